The van der Waals surface area contributed by atoms with Crippen LogP contribution in [0.1, 0.15) is 43.7 Å². The third-order valence-electron chi connectivity index (χ3n) is 6.55. The molecule has 2 nitrogen and oxygen atoms in total. The number of benzene rings is 1. The zero-order valence-corrected chi connectivity index (χ0v) is 15.3. The van der Waals surface area contributed by atoms with Crippen LogP contribution in [0.3, 0.4) is 0 Å². The lowest BCUT2D eigenvalue weighted by molar-refractivity contribution is -0.963. The monoisotopic (exact) mass is 314 g/mol. The van der Waals surface area contributed by atoms with E-state index in [1.165, 1.54) is 67.2 Å². The third-order valence-corrected chi connectivity index (χ3v) is 6.55. The number of quaternary nitrogens is 1. The van der Waals surface area contributed by atoms with E-state index in [2.05, 4.69) is 39.9 Å². The number of rotatable bonds is 7. The van der Waals surface area contributed by atoms with Gasteiger partial charge in [-0.2, -0.15) is 0 Å². The Kier molecular flexibility index (Phi) is 5.36. The van der Waals surface area contributed by atoms with Crippen LogP contribution in [0.15, 0.2) is 18.2 Å². The van der Waals surface area contributed by atoms with Crippen LogP contribution in [-0.2, 0) is 6.42 Å². The second-order valence-corrected chi connectivity index (χ2v) is 7.77. The van der Waals surface area contributed by atoms with Gasteiger partial charge in [0.05, 0.1) is 32.3 Å². The molecule has 3 aliphatic heterocycles. The molecule has 23 heavy (non-hydrogen) atoms. The normalized spacial score (nSPS) is 27.8. The highest BCUT2D eigenvalue weighted by Gasteiger charge is 2.43. The Bertz CT molecular complexity index is 509. The summed E-state index contributed by atoms with van der Waals surface area (Å²) < 4.78 is 7.54. The Balaban J connectivity index is 1.56. The number of nitrogens with zero attached hydrogens (tertiary/aromatic N) is 1. The first-order chi connectivity index (χ1) is 11.2. The van der Waals surface area contributed by atoms with E-state index in [0.29, 0.717) is 0 Å². The van der Waals surface area contributed by atoms with Crippen molar-refractivity contribution in [2.45, 2.75) is 58.3 Å². The lowest BCUT2D eigenvalue weighted by atomic mass is 9.81. The highest BCUT2D eigenvalue weighted by atomic mass is 16.5. The lowest BCUT2D eigenvalue weighted by Gasteiger charge is -2.53. The summed E-state index contributed by atoms with van der Waals surface area (Å²) in [6, 6.07) is 7.43. The van der Waals surface area contributed by atoms with Crippen LogP contribution >= 0.6 is 0 Å². The minimum absolute atomic E-state index is 0.798. The predicted molar refractivity (Wildman–Crippen MR) is 100 cm³/mol. The summed E-state index contributed by atoms with van der Waals surface area (Å²) in [5, 5.41) is 0. The molecular weight excluding hydrogens is 281 g/mol. The molecular formula is C20H33BNO+. The van der Waals surface area contributed by atoms with Crippen molar-refractivity contribution < 1.29 is 9.22 Å². The van der Waals surface area contributed by atoms with Gasteiger partial charge < -0.3 is 9.22 Å². The molecule has 0 saturated carbocycles. The first-order valence-electron chi connectivity index (χ1n) is 9.75. The Labute approximate surface area is 143 Å². The summed E-state index contributed by atoms with van der Waals surface area (Å²) >= 11 is 0. The molecule has 3 fully saturated rings. The largest absolute Gasteiger partial charge is 0.493 e. The van der Waals surface area contributed by atoms with Gasteiger partial charge in [-0.1, -0.05) is 19.1 Å². The molecule has 3 saturated heterocycles. The highest BCUT2D eigenvalue weighted by Crippen LogP contribution is 2.37. The highest BCUT2D eigenvalue weighted by molar-refractivity contribution is 6.08. The number of hydrogen-bond acceptors (Lipinski definition) is 1. The van der Waals surface area contributed by atoms with Gasteiger partial charge in [0.25, 0.3) is 0 Å². The van der Waals surface area contributed by atoms with Gasteiger partial charge in [-0.15, -0.1) is 0 Å². The van der Waals surface area contributed by atoms with Gasteiger partial charge in [-0.25, -0.2) is 0 Å². The van der Waals surface area contributed by atoms with Crippen molar-refractivity contribution in [2.24, 2.45) is 5.92 Å². The molecule has 0 amide bonds. The summed E-state index contributed by atoms with van der Waals surface area (Å²) in [6.07, 6.45) is 8.00. The molecule has 0 spiro atoms. The van der Waals surface area contributed by atoms with Crippen molar-refractivity contribution in [2.75, 3.05) is 26.2 Å². The maximum absolute atomic E-state index is 6.15. The number of ether oxygens (including phenoxy) is 1. The van der Waals surface area contributed by atoms with Crippen LogP contribution in [0.5, 0.6) is 5.75 Å². The van der Waals surface area contributed by atoms with E-state index < -0.39 is 0 Å². The van der Waals surface area contributed by atoms with Crippen LogP contribution < -0.4 is 4.74 Å². The average molecular weight is 314 g/mol. The molecule has 0 aromatic heterocycles. The molecule has 1 unspecified atom stereocenters. The second kappa shape index (κ2) is 7.30. The zero-order valence-electron chi connectivity index (χ0n) is 15.3. The summed E-state index contributed by atoms with van der Waals surface area (Å²) in [7, 11) is 2.37. The lowest BCUT2D eigenvalue weighted by Crippen LogP contribution is -2.63. The number of hydrogen-bond donors (Lipinski definition) is 0. The molecule has 4 rings (SSSR count). The van der Waals surface area contributed by atoms with E-state index in [1.54, 1.807) is 0 Å². The first-order valence-corrected chi connectivity index (χ1v) is 9.75. The van der Waals surface area contributed by atoms with E-state index in [1.807, 2.05) is 0 Å². The first kappa shape index (κ1) is 16.9. The van der Waals surface area contributed by atoms with Crippen LogP contribution in [0.4, 0.5) is 0 Å². The summed E-state index contributed by atoms with van der Waals surface area (Å²) in [5.74, 6) is 2.12. The smallest absolute Gasteiger partial charge is 0.122 e. The van der Waals surface area contributed by atoms with E-state index >= 15 is 0 Å². The fourth-order valence-electron chi connectivity index (χ4n) is 4.90. The molecule has 0 aliphatic carbocycles. The molecule has 3 aliphatic rings. The summed E-state index contributed by atoms with van der Waals surface area (Å²) in [6.45, 7) is 9.52. The van der Waals surface area contributed by atoms with E-state index in [9.17, 15) is 0 Å². The predicted octanol–water partition coefficient (Wildman–Crippen LogP) is 3.38. The van der Waals surface area contributed by atoms with Crippen LogP contribution in [0.2, 0.25) is 6.32 Å². The third kappa shape index (κ3) is 3.60. The van der Waals surface area contributed by atoms with Crippen molar-refractivity contribution in [3.63, 3.8) is 0 Å². The van der Waals surface area contributed by atoms with Crippen molar-refractivity contribution in [1.82, 2.24) is 0 Å². The molecule has 1 aromatic carbocycles. The minimum Gasteiger partial charge on any atom is -0.493 e. The molecule has 1 atom stereocenters. The molecule has 126 valence electrons. The quantitative estimate of drug-likeness (QED) is 0.554. The second-order valence-electron chi connectivity index (χ2n) is 7.77. The fraction of sp³-hybridized carbons (Fsp3) is 0.700. The average Bonchev–Trinajstić information content (AvgIpc) is 2.61. The summed E-state index contributed by atoms with van der Waals surface area (Å²) in [5.41, 5.74) is 2.68. The van der Waals surface area contributed by atoms with E-state index in [-0.39, 0.29) is 0 Å². The Morgan fingerprint density at radius 3 is 2.48 bits per heavy atom. The molecule has 1 aromatic rings. The Morgan fingerprint density at radius 2 is 1.91 bits per heavy atom. The van der Waals surface area contributed by atoms with Crippen molar-refractivity contribution in [1.29, 1.82) is 0 Å². The molecule has 0 radical (unpaired) electrons. The fourth-order valence-corrected chi connectivity index (χ4v) is 4.90. The van der Waals surface area contributed by atoms with Gasteiger partial charge in [0, 0.05) is 6.42 Å². The molecule has 0 N–H and O–H groups in total. The van der Waals surface area contributed by atoms with Gasteiger partial charge in [-0.05, 0) is 62.0 Å². The maximum atomic E-state index is 6.15. The van der Waals surface area contributed by atoms with Gasteiger partial charge in [0.15, 0.2) is 0 Å². The summed E-state index contributed by atoms with van der Waals surface area (Å²) in [4.78, 5) is 0. The van der Waals surface area contributed by atoms with Crippen LogP contribution in [0.25, 0.3) is 0 Å². The van der Waals surface area contributed by atoms with Gasteiger partial charge in [-0.3, -0.25) is 0 Å². The standard InChI is InChI=1S/C20H33BNO/c1-3-17-4-5-20(16(2)14-17)23-13-9-19(15-21)22-10-6-18(7-11-22)8-12-22/h4-5,14,18-19H,3,6-13,15,21H2,1-2H3/q+1. The van der Waals surface area contributed by atoms with Gasteiger partial charge in [0.1, 0.15) is 13.6 Å². The maximum Gasteiger partial charge on any atom is 0.122 e. The molecule has 2 bridgehead atoms. The number of fused-ring (bicyclic) bond motifs is 3. The Hall–Kier alpha value is -0.955. The van der Waals surface area contributed by atoms with Crippen molar-refractivity contribution in [3.05, 3.63) is 29.3 Å². The van der Waals surface area contributed by atoms with Crippen molar-refractivity contribution in [3.8, 4) is 5.75 Å². The van der Waals surface area contributed by atoms with E-state index in [0.717, 1.165) is 30.7 Å². The van der Waals surface area contributed by atoms with Gasteiger partial charge in [0.2, 0.25) is 0 Å². The number of piperidine rings is 3. The minimum atomic E-state index is 0.798. The van der Waals surface area contributed by atoms with Crippen molar-refractivity contribution >= 4 is 7.85 Å². The van der Waals surface area contributed by atoms with Crippen LogP contribution in [-0.4, -0.2) is 44.6 Å². The Morgan fingerprint density at radius 1 is 1.22 bits per heavy atom. The molecule has 3 heteroatoms. The van der Waals surface area contributed by atoms with Crippen LogP contribution in [0, 0.1) is 12.8 Å². The number of aryl methyl sites for hydroxylation is 2. The zero-order chi connectivity index (χ0) is 16.3. The topological polar surface area (TPSA) is 9.23 Å². The van der Waals surface area contributed by atoms with E-state index in [4.69, 9.17) is 4.74 Å². The SMILES string of the molecule is BCC(CCOc1ccc(CC)cc1C)[N+]12CCC(CC1)CC2. The van der Waals surface area contributed by atoms with Gasteiger partial charge >= 0.3 is 0 Å². The molecule has 3 heterocycles.